The zero-order chi connectivity index (χ0) is 4.12. The van der Waals surface area contributed by atoms with Gasteiger partial charge in [-0.15, -0.1) is 0 Å². The van der Waals surface area contributed by atoms with Crippen LogP contribution in [0.3, 0.4) is 0 Å². The number of hydrogen-bond donors (Lipinski definition) is 0. The molecule has 0 spiro atoms. The molecule has 0 nitrogen and oxygen atoms in total. The first-order valence-electron chi connectivity index (χ1n) is 1.49. The molecule has 5 heavy (non-hydrogen) atoms. The SMILES string of the molecule is C#[Si]C=CC. The Kier molecular flexibility index (Phi) is 3.54. The summed E-state index contributed by atoms with van der Waals surface area (Å²) < 4.78 is 0. The van der Waals surface area contributed by atoms with Gasteiger partial charge in [0.2, 0.25) is 0 Å². The highest BCUT2D eigenvalue weighted by atomic mass is 28.2. The monoisotopic (exact) mass is 82.0 g/mol. The Balaban J connectivity index is 3.04. The topological polar surface area (TPSA) is 0 Å². The fourth-order valence-corrected chi connectivity index (χ4v) is 0.289. The van der Waals surface area contributed by atoms with E-state index in [2.05, 4.69) is 0 Å². The molecular formula is C4H6Si. The lowest BCUT2D eigenvalue weighted by molar-refractivity contribution is 1.78. The van der Waals surface area contributed by atoms with Crippen LogP contribution in [0.15, 0.2) is 11.8 Å². The molecule has 0 aromatic carbocycles. The Morgan fingerprint density at radius 1 is 1.80 bits per heavy atom. The highest BCUT2D eigenvalue weighted by molar-refractivity contribution is 6.28. The molecule has 0 aliphatic rings. The third-order valence-electron chi connectivity index (χ3n) is 0.263. The average Bonchev–Trinajstić information content (AvgIpc) is 1.41. The molecule has 0 unspecified atom stereocenters. The van der Waals surface area contributed by atoms with Crippen molar-refractivity contribution in [1.29, 1.82) is 0 Å². The molecule has 0 amide bonds. The van der Waals surface area contributed by atoms with Crippen LogP contribution < -0.4 is 0 Å². The number of hydrogen-bond acceptors (Lipinski definition) is 0. The molecule has 0 rings (SSSR count). The maximum absolute atomic E-state index is 5.08. The van der Waals surface area contributed by atoms with Crippen LogP contribution in [0, 0.1) is 6.00 Å². The summed E-state index contributed by atoms with van der Waals surface area (Å²) in [6.45, 7) is 1.96. The normalized spacial score (nSPS) is 8.00. The Morgan fingerprint density at radius 3 is 2.40 bits per heavy atom. The quantitative estimate of drug-likeness (QED) is 0.379. The van der Waals surface area contributed by atoms with Crippen LogP contribution >= 0.6 is 0 Å². The van der Waals surface area contributed by atoms with Gasteiger partial charge < -0.3 is 0 Å². The van der Waals surface area contributed by atoms with E-state index in [1.165, 1.54) is 0 Å². The largest absolute Gasteiger partial charge is 0.154 e. The van der Waals surface area contributed by atoms with Crippen molar-refractivity contribution >= 4 is 8.96 Å². The first kappa shape index (κ1) is 4.74. The van der Waals surface area contributed by atoms with Gasteiger partial charge in [-0.1, -0.05) is 6.08 Å². The molecule has 0 aliphatic heterocycles. The van der Waals surface area contributed by atoms with E-state index in [0.29, 0.717) is 8.96 Å². The molecule has 0 aromatic heterocycles. The molecule has 1 heteroatoms. The van der Waals surface area contributed by atoms with Crippen LogP contribution in [-0.2, 0) is 0 Å². The minimum absolute atomic E-state index is 0.477. The third kappa shape index (κ3) is 3.74. The highest BCUT2D eigenvalue weighted by Crippen LogP contribution is 1.53. The number of rotatable bonds is 0. The van der Waals surface area contributed by atoms with Crippen molar-refractivity contribution in [3.8, 4) is 6.00 Å². The van der Waals surface area contributed by atoms with Crippen molar-refractivity contribution in [2.45, 2.75) is 6.92 Å². The van der Waals surface area contributed by atoms with E-state index in [-0.39, 0.29) is 0 Å². The van der Waals surface area contributed by atoms with Gasteiger partial charge in [0.05, 0.1) is 0 Å². The molecule has 0 N–H and O–H groups in total. The zero-order valence-electron chi connectivity index (χ0n) is 3.23. The van der Waals surface area contributed by atoms with Crippen molar-refractivity contribution in [2.24, 2.45) is 0 Å². The van der Waals surface area contributed by atoms with Crippen LogP contribution in [-0.4, -0.2) is 8.96 Å². The van der Waals surface area contributed by atoms with Gasteiger partial charge in [-0.3, -0.25) is 0 Å². The van der Waals surface area contributed by atoms with Gasteiger partial charge in [0, 0.05) is 8.96 Å². The van der Waals surface area contributed by atoms with Crippen LogP contribution in [0.2, 0.25) is 0 Å². The van der Waals surface area contributed by atoms with Gasteiger partial charge in [-0.25, -0.2) is 0 Å². The second kappa shape index (κ2) is 3.74. The lowest BCUT2D eigenvalue weighted by Gasteiger charge is -1.51. The zero-order valence-corrected chi connectivity index (χ0v) is 4.23. The van der Waals surface area contributed by atoms with Crippen LogP contribution in [0.4, 0.5) is 0 Å². The lowest BCUT2D eigenvalue weighted by atomic mass is 10.8. The van der Waals surface area contributed by atoms with E-state index >= 15 is 0 Å². The van der Waals surface area contributed by atoms with Crippen LogP contribution in [0.5, 0.6) is 0 Å². The molecule has 0 aliphatic carbocycles. The summed E-state index contributed by atoms with van der Waals surface area (Å²) in [5, 5.41) is 0. The molecule has 0 atom stereocenters. The summed E-state index contributed by atoms with van der Waals surface area (Å²) in [5.74, 6) is 0. The molecule has 0 heterocycles. The van der Waals surface area contributed by atoms with Crippen LogP contribution in [0.25, 0.3) is 0 Å². The van der Waals surface area contributed by atoms with Gasteiger partial charge >= 0.3 is 0 Å². The molecule has 0 radical (unpaired) electrons. The third-order valence-corrected chi connectivity index (χ3v) is 0.789. The molecule has 0 bridgehead atoms. The molecule has 26 valence electrons. The summed E-state index contributed by atoms with van der Waals surface area (Å²) in [6.07, 6.45) is 1.94. The first-order chi connectivity index (χ1) is 2.41. The smallest absolute Gasteiger partial charge is 0.0109 e. The predicted molar refractivity (Wildman–Crippen MR) is 25.5 cm³/mol. The van der Waals surface area contributed by atoms with E-state index < -0.39 is 0 Å². The Morgan fingerprint density at radius 2 is 2.40 bits per heavy atom. The molecular weight excluding hydrogens is 76.1 g/mol. The van der Waals surface area contributed by atoms with E-state index in [1.807, 2.05) is 18.7 Å². The average molecular weight is 82.2 g/mol. The molecule has 0 saturated carbocycles. The molecule has 0 saturated heterocycles. The molecule has 0 aromatic rings. The minimum atomic E-state index is 0.477. The van der Waals surface area contributed by atoms with E-state index in [1.54, 1.807) is 0 Å². The predicted octanol–water partition coefficient (Wildman–Crippen LogP) is 0.813. The minimum Gasteiger partial charge on any atom is -0.154 e. The van der Waals surface area contributed by atoms with Gasteiger partial charge in [0.15, 0.2) is 0 Å². The standard InChI is InChI=1S/C4H6Si/c1-3-4-5-2/h2-4H,1H3. The summed E-state index contributed by atoms with van der Waals surface area (Å²) in [7, 11) is 0.477. The van der Waals surface area contributed by atoms with Gasteiger partial charge in [-0.05, 0) is 12.6 Å². The second-order valence-electron chi connectivity index (χ2n) is 0.667. The summed E-state index contributed by atoms with van der Waals surface area (Å²) in [6, 6.07) is 5.08. The maximum Gasteiger partial charge on any atom is 0.0109 e. The fourth-order valence-electron chi connectivity index (χ4n) is 0.0962. The highest BCUT2D eigenvalue weighted by Gasteiger charge is 1.41. The molecule has 0 fully saturated rings. The first-order valence-corrected chi connectivity index (χ1v) is 2.64. The van der Waals surface area contributed by atoms with Crippen molar-refractivity contribution in [1.82, 2.24) is 0 Å². The lowest BCUT2D eigenvalue weighted by Crippen LogP contribution is -1.48. The van der Waals surface area contributed by atoms with Gasteiger partial charge in [0.25, 0.3) is 0 Å². The Labute approximate surface area is 34.6 Å². The van der Waals surface area contributed by atoms with E-state index in [4.69, 9.17) is 6.00 Å². The summed E-state index contributed by atoms with van der Waals surface area (Å²) >= 11 is 0. The van der Waals surface area contributed by atoms with Crippen LogP contribution in [0.1, 0.15) is 6.92 Å². The Hall–Kier alpha value is -0.263. The Bertz CT molecular complexity index is 66.2. The fraction of sp³-hybridized carbons (Fsp3) is 0.250. The second-order valence-corrected chi connectivity index (χ2v) is 1.33. The van der Waals surface area contributed by atoms with Crippen molar-refractivity contribution in [3.05, 3.63) is 11.8 Å². The van der Waals surface area contributed by atoms with E-state index in [0.717, 1.165) is 0 Å². The van der Waals surface area contributed by atoms with Crippen molar-refractivity contribution in [2.75, 3.05) is 0 Å². The van der Waals surface area contributed by atoms with E-state index in [9.17, 15) is 0 Å². The maximum atomic E-state index is 5.08. The van der Waals surface area contributed by atoms with Crippen molar-refractivity contribution < 1.29 is 0 Å². The summed E-state index contributed by atoms with van der Waals surface area (Å²) in [5.41, 5.74) is 1.93. The summed E-state index contributed by atoms with van der Waals surface area (Å²) in [4.78, 5) is 0. The van der Waals surface area contributed by atoms with Crippen molar-refractivity contribution in [3.63, 3.8) is 0 Å². The van der Waals surface area contributed by atoms with Gasteiger partial charge in [0.1, 0.15) is 0 Å². The van der Waals surface area contributed by atoms with Gasteiger partial charge in [-0.2, -0.15) is 6.00 Å². The number of allylic oxidation sites excluding steroid dienone is 1.